The van der Waals surface area contributed by atoms with E-state index in [4.69, 9.17) is 23.2 Å². The summed E-state index contributed by atoms with van der Waals surface area (Å²) in [6.07, 6.45) is 3.82. The van der Waals surface area contributed by atoms with Crippen LogP contribution in [0.5, 0.6) is 0 Å². The molecule has 10 heteroatoms. The number of hydrogen-bond acceptors (Lipinski definition) is 4. The topological polar surface area (TPSA) is 108 Å². The van der Waals surface area contributed by atoms with Gasteiger partial charge in [-0.3, -0.25) is 14.9 Å². The molecular formula is C30H26Cl2FN3O4. The molecule has 0 bridgehead atoms. The Morgan fingerprint density at radius 2 is 1.75 bits per heavy atom. The standard InChI is InChI=1S/C30H26Cl2FN3O4/c31-17-10-11-20-22(15-17)35-28(40)30(20)23(19-8-5-9-21(32)24(19)33)25(36-29(30)12-2-1-3-13-29)26(37)34-18-7-4-6-16(14-18)27(38)39/h4-11,14-15,23,25,36H,1-3,12-13H2,(H,34,37)(H,35,40)(H,38,39)/t23-,25+,30+/m0/s1. The summed E-state index contributed by atoms with van der Waals surface area (Å²) in [7, 11) is 0. The fraction of sp³-hybridized carbons (Fsp3) is 0.300. The molecule has 3 aromatic carbocycles. The molecule has 1 saturated carbocycles. The lowest BCUT2D eigenvalue weighted by atomic mass is 9.55. The largest absolute Gasteiger partial charge is 0.478 e. The van der Waals surface area contributed by atoms with Crippen molar-refractivity contribution in [2.24, 2.45) is 0 Å². The van der Waals surface area contributed by atoms with Crippen molar-refractivity contribution in [3.8, 4) is 0 Å². The molecule has 2 heterocycles. The molecule has 40 heavy (non-hydrogen) atoms. The summed E-state index contributed by atoms with van der Waals surface area (Å²) in [5.41, 5.74) is -0.576. The number of halogens is 3. The molecule has 1 aliphatic carbocycles. The molecule has 206 valence electrons. The third kappa shape index (κ3) is 3.92. The smallest absolute Gasteiger partial charge is 0.335 e. The maximum Gasteiger partial charge on any atom is 0.335 e. The quantitative estimate of drug-likeness (QED) is 0.297. The predicted octanol–water partition coefficient (Wildman–Crippen LogP) is 6.12. The van der Waals surface area contributed by atoms with E-state index in [-0.39, 0.29) is 27.7 Å². The molecule has 2 amide bonds. The molecule has 0 aromatic heterocycles. The maximum atomic E-state index is 15.9. The fourth-order valence-corrected chi connectivity index (χ4v) is 7.52. The third-order valence-corrected chi connectivity index (χ3v) is 9.21. The lowest BCUT2D eigenvalue weighted by Crippen LogP contribution is -2.60. The Morgan fingerprint density at radius 1 is 1.00 bits per heavy atom. The summed E-state index contributed by atoms with van der Waals surface area (Å²) in [6.45, 7) is 0. The van der Waals surface area contributed by atoms with Crippen LogP contribution >= 0.6 is 23.2 Å². The van der Waals surface area contributed by atoms with E-state index in [0.717, 1.165) is 19.3 Å². The van der Waals surface area contributed by atoms with E-state index in [2.05, 4.69) is 16.0 Å². The highest BCUT2D eigenvalue weighted by Crippen LogP contribution is 2.62. The number of aromatic carboxylic acids is 1. The second-order valence-electron chi connectivity index (χ2n) is 10.7. The highest BCUT2D eigenvalue weighted by atomic mass is 35.5. The average molecular weight is 582 g/mol. The van der Waals surface area contributed by atoms with Gasteiger partial charge < -0.3 is 15.7 Å². The first-order valence-electron chi connectivity index (χ1n) is 13.2. The monoisotopic (exact) mass is 581 g/mol. The number of carbonyl (C=O) groups excluding carboxylic acids is 2. The van der Waals surface area contributed by atoms with Crippen molar-refractivity contribution in [2.45, 2.75) is 55.0 Å². The number of rotatable bonds is 4. The van der Waals surface area contributed by atoms with Crippen molar-refractivity contribution in [3.63, 3.8) is 0 Å². The zero-order valence-corrected chi connectivity index (χ0v) is 22.8. The van der Waals surface area contributed by atoms with Gasteiger partial charge >= 0.3 is 5.97 Å². The second-order valence-corrected chi connectivity index (χ2v) is 11.6. The van der Waals surface area contributed by atoms with Crippen molar-refractivity contribution in [1.82, 2.24) is 5.32 Å². The van der Waals surface area contributed by atoms with Gasteiger partial charge in [-0.05, 0) is 60.4 Å². The van der Waals surface area contributed by atoms with Crippen molar-refractivity contribution >= 4 is 52.4 Å². The Morgan fingerprint density at radius 3 is 2.50 bits per heavy atom. The molecule has 6 rings (SSSR count). The Balaban J connectivity index is 1.56. The van der Waals surface area contributed by atoms with E-state index < -0.39 is 40.6 Å². The Kier molecular flexibility index (Phi) is 6.60. The van der Waals surface area contributed by atoms with Crippen molar-refractivity contribution in [1.29, 1.82) is 0 Å². The molecule has 0 unspecified atom stereocenters. The van der Waals surface area contributed by atoms with Gasteiger partial charge in [-0.25, -0.2) is 9.18 Å². The maximum absolute atomic E-state index is 15.9. The molecule has 3 aliphatic rings. The highest BCUT2D eigenvalue weighted by molar-refractivity contribution is 6.31. The number of carboxylic acids is 1. The van der Waals surface area contributed by atoms with Crippen LogP contribution in [-0.2, 0) is 15.0 Å². The molecule has 2 aliphatic heterocycles. The van der Waals surface area contributed by atoms with Crippen LogP contribution in [0.2, 0.25) is 10.0 Å². The molecule has 4 N–H and O–H groups in total. The normalized spacial score (nSPS) is 24.6. The zero-order valence-electron chi connectivity index (χ0n) is 21.3. The van der Waals surface area contributed by atoms with Crippen LogP contribution in [0.3, 0.4) is 0 Å². The van der Waals surface area contributed by atoms with Gasteiger partial charge in [0.15, 0.2) is 0 Å². The number of amides is 2. The number of carbonyl (C=O) groups is 3. The van der Waals surface area contributed by atoms with Gasteiger partial charge in [0.05, 0.1) is 16.6 Å². The minimum atomic E-state index is -1.34. The van der Waals surface area contributed by atoms with Crippen LogP contribution in [0.1, 0.15) is 59.5 Å². The molecular weight excluding hydrogens is 556 g/mol. The van der Waals surface area contributed by atoms with Crippen LogP contribution in [0, 0.1) is 5.82 Å². The number of nitrogens with one attached hydrogen (secondary N) is 3. The number of fused-ring (bicyclic) bond motifs is 3. The first-order chi connectivity index (χ1) is 19.2. The number of benzene rings is 3. The Labute approximate surface area is 240 Å². The summed E-state index contributed by atoms with van der Waals surface area (Å²) < 4.78 is 15.9. The van der Waals surface area contributed by atoms with E-state index in [9.17, 15) is 19.5 Å². The first kappa shape index (κ1) is 26.7. The highest BCUT2D eigenvalue weighted by Gasteiger charge is 2.72. The lowest BCUT2D eigenvalue weighted by Gasteiger charge is -2.47. The summed E-state index contributed by atoms with van der Waals surface area (Å²) >= 11 is 12.6. The van der Waals surface area contributed by atoms with E-state index in [1.54, 1.807) is 36.4 Å². The van der Waals surface area contributed by atoms with Gasteiger partial charge in [-0.1, -0.05) is 66.7 Å². The number of anilines is 2. The van der Waals surface area contributed by atoms with Crippen LogP contribution in [0.4, 0.5) is 15.8 Å². The zero-order chi connectivity index (χ0) is 28.2. The molecule has 0 radical (unpaired) electrons. The molecule has 3 aromatic rings. The van der Waals surface area contributed by atoms with Gasteiger partial charge in [0.1, 0.15) is 11.2 Å². The molecule has 2 fully saturated rings. The second kappa shape index (κ2) is 9.87. The minimum absolute atomic E-state index is 0.0100. The summed E-state index contributed by atoms with van der Waals surface area (Å²) in [6, 6.07) is 14.6. The van der Waals surface area contributed by atoms with Gasteiger partial charge in [0.2, 0.25) is 11.8 Å². The summed E-state index contributed by atoms with van der Waals surface area (Å²) in [5, 5.41) is 19.1. The average Bonchev–Trinajstić information content (AvgIpc) is 3.38. The number of hydrogen-bond donors (Lipinski definition) is 4. The summed E-state index contributed by atoms with van der Waals surface area (Å²) in [5.74, 6) is -3.64. The fourth-order valence-electron chi connectivity index (χ4n) is 7.17. The molecule has 1 saturated heterocycles. The lowest BCUT2D eigenvalue weighted by molar-refractivity contribution is -0.124. The van der Waals surface area contributed by atoms with Gasteiger partial charge in [-0.15, -0.1) is 0 Å². The van der Waals surface area contributed by atoms with Crippen molar-refractivity contribution < 1.29 is 23.9 Å². The van der Waals surface area contributed by atoms with E-state index in [1.807, 2.05) is 0 Å². The van der Waals surface area contributed by atoms with E-state index in [1.165, 1.54) is 24.3 Å². The van der Waals surface area contributed by atoms with Gasteiger partial charge in [0, 0.05) is 27.9 Å². The predicted molar refractivity (Wildman–Crippen MR) is 151 cm³/mol. The third-order valence-electron chi connectivity index (χ3n) is 8.68. The molecule has 7 nitrogen and oxygen atoms in total. The SMILES string of the molecule is O=C(O)c1cccc(NC(=O)[C@@H]2NC3(CCCCC3)[C@@]3(C(=O)Nc4cc(Cl)ccc43)[C@H]2c2cccc(Cl)c2F)c1. The van der Waals surface area contributed by atoms with Crippen molar-refractivity contribution in [2.75, 3.05) is 10.6 Å². The Bertz CT molecular complexity index is 1560. The van der Waals surface area contributed by atoms with Crippen LogP contribution in [0.15, 0.2) is 60.7 Å². The van der Waals surface area contributed by atoms with Crippen LogP contribution < -0.4 is 16.0 Å². The Hall–Kier alpha value is -3.46. The van der Waals surface area contributed by atoms with Crippen molar-refractivity contribution in [3.05, 3.63) is 93.2 Å². The molecule has 2 spiro atoms. The van der Waals surface area contributed by atoms with E-state index in [0.29, 0.717) is 29.1 Å². The first-order valence-corrected chi connectivity index (χ1v) is 13.9. The van der Waals surface area contributed by atoms with Crippen LogP contribution in [-0.4, -0.2) is 34.5 Å². The minimum Gasteiger partial charge on any atom is -0.478 e. The summed E-state index contributed by atoms with van der Waals surface area (Å²) in [4.78, 5) is 39.9. The molecule has 3 atom stereocenters. The van der Waals surface area contributed by atoms with Gasteiger partial charge in [0.25, 0.3) is 0 Å². The van der Waals surface area contributed by atoms with E-state index >= 15 is 4.39 Å². The number of carboxylic acid groups (broad SMARTS) is 1. The van der Waals surface area contributed by atoms with Crippen LogP contribution in [0.25, 0.3) is 0 Å². The van der Waals surface area contributed by atoms with Gasteiger partial charge in [-0.2, -0.15) is 0 Å².